The van der Waals surface area contributed by atoms with Crippen LogP contribution in [0.4, 0.5) is 0 Å². The Bertz CT molecular complexity index is 856. The SMILES string of the molecule is Cc1cnc(C(=O)N2C[C@H]3CC[C@@H](C2)N(Cc2c(C)noc2C)C3=O)cn1. The van der Waals surface area contributed by atoms with Gasteiger partial charge in [0.2, 0.25) is 5.91 Å². The minimum absolute atomic E-state index is 0.00712. The summed E-state index contributed by atoms with van der Waals surface area (Å²) in [5.41, 5.74) is 2.86. The smallest absolute Gasteiger partial charge is 0.274 e. The molecule has 0 aromatic carbocycles. The Labute approximate surface area is 157 Å². The van der Waals surface area contributed by atoms with Gasteiger partial charge in [-0.25, -0.2) is 4.98 Å². The van der Waals surface area contributed by atoms with E-state index in [1.807, 2.05) is 25.7 Å². The first kappa shape index (κ1) is 17.6. The van der Waals surface area contributed by atoms with Crippen molar-refractivity contribution in [2.75, 3.05) is 13.1 Å². The van der Waals surface area contributed by atoms with Crippen molar-refractivity contribution >= 4 is 11.8 Å². The number of carbonyl (C=O) groups is 2. The van der Waals surface area contributed by atoms with Crippen molar-refractivity contribution in [3.8, 4) is 0 Å². The van der Waals surface area contributed by atoms with Crippen LogP contribution in [0.2, 0.25) is 0 Å². The summed E-state index contributed by atoms with van der Waals surface area (Å²) < 4.78 is 5.24. The summed E-state index contributed by atoms with van der Waals surface area (Å²) in [5, 5.41) is 3.99. The van der Waals surface area contributed by atoms with Gasteiger partial charge in [-0.3, -0.25) is 14.6 Å². The highest BCUT2D eigenvalue weighted by molar-refractivity contribution is 5.93. The average Bonchev–Trinajstić information content (AvgIpc) is 2.83. The van der Waals surface area contributed by atoms with E-state index in [1.54, 1.807) is 11.1 Å². The summed E-state index contributed by atoms with van der Waals surface area (Å²) in [7, 11) is 0. The summed E-state index contributed by atoms with van der Waals surface area (Å²) in [6.45, 7) is 7.01. The van der Waals surface area contributed by atoms with E-state index in [1.165, 1.54) is 6.20 Å². The molecule has 2 amide bonds. The molecule has 0 spiro atoms. The van der Waals surface area contributed by atoms with Gasteiger partial charge in [-0.05, 0) is 33.6 Å². The highest BCUT2D eigenvalue weighted by Gasteiger charge is 2.42. The molecule has 0 N–H and O–H groups in total. The largest absolute Gasteiger partial charge is 0.361 e. The maximum atomic E-state index is 13.0. The van der Waals surface area contributed by atoms with Crippen molar-refractivity contribution in [2.24, 2.45) is 5.92 Å². The number of aryl methyl sites for hydroxylation is 3. The summed E-state index contributed by atoms with van der Waals surface area (Å²) in [6, 6.07) is -0.00712. The molecule has 0 unspecified atom stereocenters. The van der Waals surface area contributed by atoms with E-state index in [4.69, 9.17) is 4.52 Å². The average molecular weight is 369 g/mol. The lowest BCUT2D eigenvalue weighted by Crippen LogP contribution is -2.47. The molecule has 27 heavy (non-hydrogen) atoms. The molecule has 5 heterocycles. The van der Waals surface area contributed by atoms with Gasteiger partial charge in [-0.15, -0.1) is 0 Å². The molecule has 2 bridgehead atoms. The van der Waals surface area contributed by atoms with Gasteiger partial charge in [0.15, 0.2) is 0 Å². The van der Waals surface area contributed by atoms with Crippen LogP contribution in [0.3, 0.4) is 0 Å². The lowest BCUT2D eigenvalue weighted by Gasteiger charge is -2.35. The molecule has 0 saturated carbocycles. The molecular formula is C19H23N5O3. The van der Waals surface area contributed by atoms with Crippen molar-refractivity contribution in [1.82, 2.24) is 24.9 Å². The van der Waals surface area contributed by atoms with Crippen molar-refractivity contribution in [3.05, 3.63) is 40.8 Å². The van der Waals surface area contributed by atoms with Crippen LogP contribution >= 0.6 is 0 Å². The van der Waals surface area contributed by atoms with E-state index in [9.17, 15) is 9.59 Å². The maximum Gasteiger partial charge on any atom is 0.274 e. The minimum Gasteiger partial charge on any atom is -0.361 e. The zero-order valence-corrected chi connectivity index (χ0v) is 15.8. The Hall–Kier alpha value is -2.77. The minimum atomic E-state index is -0.174. The number of amides is 2. The number of rotatable bonds is 3. The van der Waals surface area contributed by atoms with Crippen LogP contribution in [0.5, 0.6) is 0 Å². The van der Waals surface area contributed by atoms with Crippen molar-refractivity contribution in [1.29, 1.82) is 0 Å². The van der Waals surface area contributed by atoms with E-state index in [0.29, 0.717) is 25.3 Å². The zero-order chi connectivity index (χ0) is 19.1. The molecule has 5 rings (SSSR count). The van der Waals surface area contributed by atoms with Gasteiger partial charge in [0, 0.05) is 30.9 Å². The Balaban J connectivity index is 1.57. The molecule has 0 aliphatic carbocycles. The standard InChI is InChI=1S/C19H23N5O3/c1-11-6-21-17(7-20-11)19(26)23-8-14-4-5-15(9-23)24(18(14)25)10-16-12(2)22-27-13(16)3/h6-7,14-15H,4-5,8-10H2,1-3H3/t14-,15+/m1/s1. The quantitative estimate of drug-likeness (QED) is 0.817. The van der Waals surface area contributed by atoms with Crippen LogP contribution < -0.4 is 0 Å². The van der Waals surface area contributed by atoms with Gasteiger partial charge < -0.3 is 14.3 Å². The molecule has 0 radical (unpaired) electrons. The van der Waals surface area contributed by atoms with Gasteiger partial charge in [0.05, 0.1) is 30.0 Å². The first-order valence-electron chi connectivity index (χ1n) is 9.24. The van der Waals surface area contributed by atoms with Crippen LogP contribution in [0.25, 0.3) is 0 Å². The molecule has 2 atom stereocenters. The lowest BCUT2D eigenvalue weighted by atomic mass is 9.93. The molecule has 2 aromatic rings. The van der Waals surface area contributed by atoms with Crippen molar-refractivity contribution in [2.45, 2.75) is 46.2 Å². The molecular weight excluding hydrogens is 346 g/mol. The molecule has 142 valence electrons. The van der Waals surface area contributed by atoms with Crippen LogP contribution in [0.15, 0.2) is 16.9 Å². The second-order valence-electron chi connectivity index (χ2n) is 7.45. The Morgan fingerprint density at radius 3 is 2.67 bits per heavy atom. The fourth-order valence-corrected chi connectivity index (χ4v) is 3.98. The molecule has 2 aromatic heterocycles. The van der Waals surface area contributed by atoms with Crippen LogP contribution in [-0.4, -0.2) is 55.9 Å². The maximum absolute atomic E-state index is 13.0. The molecule has 8 heteroatoms. The third kappa shape index (κ3) is 3.20. The number of nitrogens with zero attached hydrogens (tertiary/aromatic N) is 5. The summed E-state index contributed by atoms with van der Waals surface area (Å²) in [6.07, 6.45) is 4.80. The number of hydrogen-bond acceptors (Lipinski definition) is 6. The second-order valence-corrected chi connectivity index (χ2v) is 7.45. The number of piperidine rings is 1. The van der Waals surface area contributed by atoms with Gasteiger partial charge in [0.1, 0.15) is 11.5 Å². The third-order valence-electron chi connectivity index (χ3n) is 5.59. The topological polar surface area (TPSA) is 92.4 Å². The van der Waals surface area contributed by atoms with Crippen molar-refractivity contribution < 1.29 is 14.1 Å². The van der Waals surface area contributed by atoms with Gasteiger partial charge in [-0.1, -0.05) is 5.16 Å². The van der Waals surface area contributed by atoms with Crippen molar-refractivity contribution in [3.63, 3.8) is 0 Å². The highest BCUT2D eigenvalue weighted by atomic mass is 16.5. The summed E-state index contributed by atoms with van der Waals surface area (Å²) >= 11 is 0. The molecule has 3 aliphatic rings. The van der Waals surface area contributed by atoms with Crippen LogP contribution in [0, 0.1) is 26.7 Å². The molecule has 3 aliphatic heterocycles. The van der Waals surface area contributed by atoms with E-state index in [2.05, 4.69) is 15.1 Å². The first-order chi connectivity index (χ1) is 12.9. The fourth-order valence-electron chi connectivity index (χ4n) is 3.98. The molecule has 3 saturated heterocycles. The van der Waals surface area contributed by atoms with E-state index in [-0.39, 0.29) is 23.8 Å². The monoisotopic (exact) mass is 369 g/mol. The fraction of sp³-hybridized carbons (Fsp3) is 0.526. The predicted molar refractivity (Wildman–Crippen MR) is 95.7 cm³/mol. The van der Waals surface area contributed by atoms with Gasteiger partial charge in [-0.2, -0.15) is 0 Å². The zero-order valence-electron chi connectivity index (χ0n) is 15.8. The Morgan fingerprint density at radius 1 is 1.19 bits per heavy atom. The van der Waals surface area contributed by atoms with Gasteiger partial charge in [0.25, 0.3) is 5.91 Å². The van der Waals surface area contributed by atoms with Crippen LogP contribution in [-0.2, 0) is 11.3 Å². The number of hydrogen-bond donors (Lipinski definition) is 0. The van der Waals surface area contributed by atoms with E-state index < -0.39 is 0 Å². The number of carbonyl (C=O) groups excluding carboxylic acids is 2. The number of aromatic nitrogens is 3. The number of fused-ring (bicyclic) bond motifs is 4. The van der Waals surface area contributed by atoms with Crippen LogP contribution in [0.1, 0.15) is 46.0 Å². The second kappa shape index (κ2) is 6.75. The summed E-state index contributed by atoms with van der Waals surface area (Å²) in [4.78, 5) is 37.9. The molecule has 8 nitrogen and oxygen atoms in total. The predicted octanol–water partition coefficient (Wildman–Crippen LogP) is 1.65. The lowest BCUT2D eigenvalue weighted by molar-refractivity contribution is -0.140. The molecule has 3 fully saturated rings. The first-order valence-corrected chi connectivity index (χ1v) is 9.24. The summed E-state index contributed by atoms with van der Waals surface area (Å²) in [5.74, 6) is 0.512. The Kier molecular flexibility index (Phi) is 4.41. The Morgan fingerprint density at radius 2 is 2.00 bits per heavy atom. The van der Waals surface area contributed by atoms with E-state index >= 15 is 0 Å². The normalized spacial score (nSPS) is 22.3. The highest BCUT2D eigenvalue weighted by Crippen LogP contribution is 2.31. The van der Waals surface area contributed by atoms with Gasteiger partial charge >= 0.3 is 0 Å². The third-order valence-corrected chi connectivity index (χ3v) is 5.59. The van der Waals surface area contributed by atoms with E-state index in [0.717, 1.165) is 35.6 Å².